The van der Waals surface area contributed by atoms with Crippen molar-refractivity contribution in [3.05, 3.63) is 23.7 Å². The van der Waals surface area contributed by atoms with E-state index in [-0.39, 0.29) is 17.4 Å². The molecule has 0 radical (unpaired) electrons. The van der Waals surface area contributed by atoms with Gasteiger partial charge in [0.05, 0.1) is 29.2 Å². The molecule has 0 spiro atoms. The number of rotatable bonds is 3. The molecular formula is C18H26N4O2. The van der Waals surface area contributed by atoms with E-state index in [1.165, 1.54) is 0 Å². The van der Waals surface area contributed by atoms with Crippen molar-refractivity contribution in [1.82, 2.24) is 20.3 Å². The highest BCUT2D eigenvalue weighted by Gasteiger charge is 2.33. The van der Waals surface area contributed by atoms with Crippen molar-refractivity contribution in [2.24, 2.45) is 5.41 Å². The number of aromatic nitrogens is 3. The molecule has 0 saturated carbocycles. The Morgan fingerprint density at radius 2 is 2.21 bits per heavy atom. The van der Waals surface area contributed by atoms with Crippen molar-refractivity contribution < 1.29 is 9.32 Å². The highest BCUT2D eigenvalue weighted by Crippen LogP contribution is 2.37. The van der Waals surface area contributed by atoms with Crippen molar-refractivity contribution in [3.8, 4) is 11.3 Å². The predicted octanol–water partition coefficient (Wildman–Crippen LogP) is 3.86. The van der Waals surface area contributed by atoms with Gasteiger partial charge in [0.15, 0.2) is 5.76 Å². The molecule has 2 aromatic heterocycles. The zero-order valence-corrected chi connectivity index (χ0v) is 14.9. The number of likely N-dealkylation sites (tertiary alicyclic amines) is 1. The average molecular weight is 330 g/mol. The predicted molar refractivity (Wildman–Crippen MR) is 91.2 cm³/mol. The Hall–Kier alpha value is -2.11. The molecule has 1 amide bonds. The molecule has 1 fully saturated rings. The van der Waals surface area contributed by atoms with Crippen LogP contribution in [0.2, 0.25) is 0 Å². The van der Waals surface area contributed by atoms with Gasteiger partial charge < -0.3 is 9.42 Å². The molecule has 0 bridgehead atoms. The third-order valence-corrected chi connectivity index (χ3v) is 4.40. The number of H-pyrrole nitrogens is 1. The molecule has 24 heavy (non-hydrogen) atoms. The van der Waals surface area contributed by atoms with Gasteiger partial charge in [-0.1, -0.05) is 25.9 Å². The van der Waals surface area contributed by atoms with Crippen LogP contribution in [0, 0.1) is 12.3 Å². The number of piperidine rings is 1. The molecule has 1 aliphatic rings. The van der Waals surface area contributed by atoms with E-state index >= 15 is 0 Å². The van der Waals surface area contributed by atoms with Crippen LogP contribution in [0.4, 0.5) is 0 Å². The van der Waals surface area contributed by atoms with Gasteiger partial charge in [0.2, 0.25) is 5.91 Å². The molecular weight excluding hydrogens is 304 g/mol. The van der Waals surface area contributed by atoms with Crippen LogP contribution in [0.25, 0.3) is 11.3 Å². The molecule has 0 aliphatic carbocycles. The first-order valence-corrected chi connectivity index (χ1v) is 8.61. The summed E-state index contributed by atoms with van der Waals surface area (Å²) < 4.78 is 5.40. The first-order valence-electron chi connectivity index (χ1n) is 8.61. The second-order valence-corrected chi connectivity index (χ2v) is 7.87. The molecule has 6 nitrogen and oxygen atoms in total. The van der Waals surface area contributed by atoms with Gasteiger partial charge in [-0.3, -0.25) is 9.89 Å². The van der Waals surface area contributed by atoms with E-state index in [1.807, 2.05) is 17.9 Å². The average Bonchev–Trinajstić information content (AvgIpc) is 3.13. The van der Waals surface area contributed by atoms with Gasteiger partial charge in [-0.05, 0) is 31.6 Å². The molecule has 1 saturated heterocycles. The van der Waals surface area contributed by atoms with Crippen molar-refractivity contribution in [2.75, 3.05) is 6.54 Å². The van der Waals surface area contributed by atoms with Gasteiger partial charge in [-0.2, -0.15) is 5.10 Å². The number of aryl methyl sites for hydroxylation is 1. The lowest BCUT2D eigenvalue weighted by atomic mass is 9.89. The lowest BCUT2D eigenvalue weighted by Gasteiger charge is -2.37. The van der Waals surface area contributed by atoms with E-state index in [1.54, 1.807) is 6.20 Å². The largest absolute Gasteiger partial charge is 0.356 e. The first kappa shape index (κ1) is 16.7. The second kappa shape index (κ2) is 6.42. The van der Waals surface area contributed by atoms with E-state index in [2.05, 4.69) is 36.1 Å². The first-order chi connectivity index (χ1) is 11.3. The van der Waals surface area contributed by atoms with E-state index in [9.17, 15) is 4.79 Å². The lowest BCUT2D eigenvalue weighted by molar-refractivity contribution is -0.137. The van der Waals surface area contributed by atoms with Crippen LogP contribution in [0.5, 0.6) is 0 Å². The molecule has 3 heterocycles. The SMILES string of the molecule is Cc1cc(-c2cn[nH]c2[C@H]2CCCCN2C(=O)CC(C)(C)C)on1. The number of hydrogen-bond acceptors (Lipinski definition) is 4. The number of carbonyl (C=O) groups excluding carboxylic acids is 1. The smallest absolute Gasteiger partial charge is 0.223 e. The van der Waals surface area contributed by atoms with Gasteiger partial charge in [0, 0.05) is 19.0 Å². The van der Waals surface area contributed by atoms with Crippen LogP contribution < -0.4 is 0 Å². The van der Waals surface area contributed by atoms with Crippen LogP contribution >= 0.6 is 0 Å². The molecule has 6 heteroatoms. The van der Waals surface area contributed by atoms with Crippen molar-refractivity contribution in [2.45, 2.75) is 59.4 Å². The number of nitrogens with zero attached hydrogens (tertiary/aromatic N) is 3. The Kier molecular flexibility index (Phi) is 4.47. The minimum Gasteiger partial charge on any atom is -0.356 e. The number of amides is 1. The summed E-state index contributed by atoms with van der Waals surface area (Å²) in [5.74, 6) is 0.909. The monoisotopic (exact) mass is 330 g/mol. The maximum Gasteiger partial charge on any atom is 0.223 e. The van der Waals surface area contributed by atoms with Crippen LogP contribution in [-0.2, 0) is 4.79 Å². The van der Waals surface area contributed by atoms with E-state index in [0.717, 1.165) is 42.8 Å². The normalized spacial score (nSPS) is 18.8. The maximum atomic E-state index is 12.8. The highest BCUT2D eigenvalue weighted by molar-refractivity contribution is 5.78. The molecule has 1 atom stereocenters. The molecule has 2 aromatic rings. The Morgan fingerprint density at radius 1 is 1.42 bits per heavy atom. The second-order valence-electron chi connectivity index (χ2n) is 7.87. The zero-order valence-electron chi connectivity index (χ0n) is 14.9. The van der Waals surface area contributed by atoms with Crippen LogP contribution in [0.1, 0.15) is 63.9 Å². The van der Waals surface area contributed by atoms with Gasteiger partial charge in [-0.15, -0.1) is 0 Å². The molecule has 3 rings (SSSR count). The van der Waals surface area contributed by atoms with Gasteiger partial charge in [0.1, 0.15) is 0 Å². The summed E-state index contributed by atoms with van der Waals surface area (Å²) in [7, 11) is 0. The Morgan fingerprint density at radius 3 is 2.88 bits per heavy atom. The molecule has 130 valence electrons. The summed E-state index contributed by atoms with van der Waals surface area (Å²) in [6.45, 7) is 8.99. The number of nitrogens with one attached hydrogen (secondary N) is 1. The van der Waals surface area contributed by atoms with Gasteiger partial charge in [0.25, 0.3) is 0 Å². The van der Waals surface area contributed by atoms with E-state index in [4.69, 9.17) is 4.52 Å². The topological polar surface area (TPSA) is 75.0 Å². The number of carbonyl (C=O) groups is 1. The lowest BCUT2D eigenvalue weighted by Crippen LogP contribution is -2.40. The highest BCUT2D eigenvalue weighted by atomic mass is 16.5. The number of hydrogen-bond donors (Lipinski definition) is 1. The van der Waals surface area contributed by atoms with Gasteiger partial charge >= 0.3 is 0 Å². The minimum absolute atomic E-state index is 0.0159. The van der Waals surface area contributed by atoms with Crippen molar-refractivity contribution in [3.63, 3.8) is 0 Å². The third kappa shape index (κ3) is 3.52. The van der Waals surface area contributed by atoms with Crippen molar-refractivity contribution >= 4 is 5.91 Å². The van der Waals surface area contributed by atoms with Crippen LogP contribution in [0.15, 0.2) is 16.8 Å². The molecule has 0 unspecified atom stereocenters. The fourth-order valence-corrected chi connectivity index (χ4v) is 3.32. The quantitative estimate of drug-likeness (QED) is 0.927. The van der Waals surface area contributed by atoms with E-state index < -0.39 is 0 Å². The van der Waals surface area contributed by atoms with Crippen LogP contribution in [0.3, 0.4) is 0 Å². The maximum absolute atomic E-state index is 12.8. The Labute approximate surface area is 142 Å². The zero-order chi connectivity index (χ0) is 17.3. The fourth-order valence-electron chi connectivity index (χ4n) is 3.32. The Balaban J connectivity index is 1.89. The summed E-state index contributed by atoms with van der Waals surface area (Å²) in [6.07, 6.45) is 5.41. The number of aromatic amines is 1. The summed E-state index contributed by atoms with van der Waals surface area (Å²) in [6, 6.07) is 1.93. The Bertz CT molecular complexity index is 711. The summed E-state index contributed by atoms with van der Waals surface area (Å²) >= 11 is 0. The summed E-state index contributed by atoms with van der Waals surface area (Å²) in [4.78, 5) is 14.8. The summed E-state index contributed by atoms with van der Waals surface area (Å²) in [5, 5.41) is 11.3. The minimum atomic E-state index is -0.0159. The fraction of sp³-hybridized carbons (Fsp3) is 0.611. The summed E-state index contributed by atoms with van der Waals surface area (Å²) in [5.41, 5.74) is 2.67. The standard InChI is InChI=1S/C18H26N4O2/c1-12-9-15(24-21-12)13-11-19-20-17(13)14-7-5-6-8-22(14)16(23)10-18(2,3)4/h9,11,14H,5-8,10H2,1-4H3,(H,19,20)/t14-/m1/s1. The molecule has 0 aromatic carbocycles. The van der Waals surface area contributed by atoms with Crippen LogP contribution in [-0.4, -0.2) is 32.7 Å². The van der Waals surface area contributed by atoms with E-state index in [0.29, 0.717) is 12.2 Å². The molecule has 1 aliphatic heterocycles. The third-order valence-electron chi connectivity index (χ3n) is 4.40. The van der Waals surface area contributed by atoms with Crippen molar-refractivity contribution in [1.29, 1.82) is 0 Å². The van der Waals surface area contributed by atoms with Gasteiger partial charge in [-0.25, -0.2) is 0 Å². The molecule has 1 N–H and O–H groups in total.